The Morgan fingerprint density at radius 1 is 1.23 bits per heavy atom. The highest BCUT2D eigenvalue weighted by Crippen LogP contribution is 2.32. The van der Waals surface area contributed by atoms with Crippen molar-refractivity contribution in [1.29, 1.82) is 0 Å². The van der Waals surface area contributed by atoms with Gasteiger partial charge in [-0.15, -0.1) is 0 Å². The number of ether oxygens (including phenoxy) is 1. The van der Waals surface area contributed by atoms with Gasteiger partial charge in [0.15, 0.2) is 0 Å². The number of para-hydroxylation sites is 1. The third-order valence-corrected chi connectivity index (χ3v) is 4.35. The summed E-state index contributed by atoms with van der Waals surface area (Å²) >= 11 is 0. The first kappa shape index (κ1) is 14.7. The monoisotopic (exact) mass is 303 g/mol. The fourth-order valence-electron chi connectivity index (χ4n) is 3.15. The van der Waals surface area contributed by atoms with Crippen molar-refractivity contribution in [3.63, 3.8) is 0 Å². The Kier molecular flexibility index (Phi) is 3.92. The second kappa shape index (κ2) is 5.87. The molecule has 2 aliphatic rings. The van der Waals surface area contributed by atoms with Gasteiger partial charge in [0.05, 0.1) is 6.54 Å². The van der Waals surface area contributed by atoms with E-state index in [4.69, 9.17) is 4.74 Å². The molecule has 0 aliphatic carbocycles. The van der Waals surface area contributed by atoms with Crippen LogP contribution in [0.5, 0.6) is 0 Å². The zero-order valence-corrected chi connectivity index (χ0v) is 12.7. The Hall–Kier alpha value is -2.24. The summed E-state index contributed by atoms with van der Waals surface area (Å²) in [7, 11) is 1.75. The first-order valence-corrected chi connectivity index (χ1v) is 7.63. The molecule has 1 N–H and O–H groups in total. The quantitative estimate of drug-likeness (QED) is 0.867. The number of likely N-dealkylation sites (tertiary alicyclic amines) is 1. The van der Waals surface area contributed by atoms with Crippen LogP contribution < -0.4 is 5.32 Å². The van der Waals surface area contributed by atoms with E-state index in [0.717, 1.165) is 18.5 Å². The molecule has 2 heterocycles. The molecule has 118 valence electrons. The Morgan fingerprint density at radius 2 is 2.00 bits per heavy atom. The van der Waals surface area contributed by atoms with Gasteiger partial charge >= 0.3 is 12.1 Å². The molecule has 22 heavy (non-hydrogen) atoms. The summed E-state index contributed by atoms with van der Waals surface area (Å²) in [6.45, 7) is 1.89. The summed E-state index contributed by atoms with van der Waals surface area (Å²) in [5, 5.41) is 2.90. The van der Waals surface area contributed by atoms with Gasteiger partial charge in [0, 0.05) is 32.2 Å². The molecule has 0 bridgehead atoms. The molecule has 2 aliphatic heterocycles. The number of anilines is 1. The van der Waals surface area contributed by atoms with E-state index >= 15 is 0 Å². The molecule has 2 fully saturated rings. The molecule has 0 unspecified atom stereocenters. The number of carbonyl (C=O) groups is 2. The highest BCUT2D eigenvalue weighted by molar-refractivity contribution is 5.89. The van der Waals surface area contributed by atoms with Crippen LogP contribution in [0.1, 0.15) is 19.3 Å². The van der Waals surface area contributed by atoms with Gasteiger partial charge in [-0.05, 0) is 25.0 Å². The van der Waals surface area contributed by atoms with Gasteiger partial charge in [0.1, 0.15) is 5.60 Å². The van der Waals surface area contributed by atoms with Crippen LogP contribution in [0, 0.1) is 0 Å². The molecule has 6 nitrogen and oxygen atoms in total. The van der Waals surface area contributed by atoms with E-state index in [1.807, 2.05) is 30.3 Å². The van der Waals surface area contributed by atoms with Crippen molar-refractivity contribution in [2.75, 3.05) is 32.0 Å². The molecule has 0 aromatic heterocycles. The third-order valence-electron chi connectivity index (χ3n) is 4.35. The highest BCUT2D eigenvalue weighted by Gasteiger charge is 2.44. The lowest BCUT2D eigenvalue weighted by atomic mass is 9.95. The van der Waals surface area contributed by atoms with Crippen LogP contribution in [-0.2, 0) is 4.74 Å². The van der Waals surface area contributed by atoms with Crippen LogP contribution in [0.3, 0.4) is 0 Å². The van der Waals surface area contributed by atoms with Gasteiger partial charge in [-0.3, -0.25) is 0 Å². The molecule has 1 aromatic rings. The first-order valence-electron chi connectivity index (χ1n) is 7.63. The van der Waals surface area contributed by atoms with Crippen molar-refractivity contribution in [3.05, 3.63) is 30.3 Å². The van der Waals surface area contributed by atoms with E-state index in [-0.39, 0.29) is 12.1 Å². The van der Waals surface area contributed by atoms with E-state index in [9.17, 15) is 9.59 Å². The zero-order chi connectivity index (χ0) is 15.6. The average molecular weight is 303 g/mol. The van der Waals surface area contributed by atoms with Crippen molar-refractivity contribution < 1.29 is 14.3 Å². The number of amides is 3. The summed E-state index contributed by atoms with van der Waals surface area (Å²) < 4.78 is 5.56. The topological polar surface area (TPSA) is 61.9 Å². The predicted molar refractivity (Wildman–Crippen MR) is 82.7 cm³/mol. The lowest BCUT2D eigenvalue weighted by molar-refractivity contribution is 0.0454. The average Bonchev–Trinajstić information content (AvgIpc) is 2.67. The van der Waals surface area contributed by atoms with Crippen LogP contribution in [0.2, 0.25) is 0 Å². The number of likely N-dealkylation sites (N-methyl/N-ethyl adjacent to an activating group) is 1. The summed E-state index contributed by atoms with van der Waals surface area (Å²) in [5.74, 6) is 0. The van der Waals surface area contributed by atoms with Gasteiger partial charge in [-0.25, -0.2) is 9.59 Å². The second-order valence-corrected chi connectivity index (χ2v) is 6.04. The van der Waals surface area contributed by atoms with Crippen LogP contribution in [0.25, 0.3) is 0 Å². The normalized spacial score (nSPS) is 25.0. The minimum absolute atomic E-state index is 0.0964. The van der Waals surface area contributed by atoms with Crippen molar-refractivity contribution in [2.45, 2.75) is 24.9 Å². The molecule has 0 saturated carbocycles. The smallest absolute Gasteiger partial charge is 0.410 e. The van der Waals surface area contributed by atoms with Crippen molar-refractivity contribution in [2.24, 2.45) is 0 Å². The largest absolute Gasteiger partial charge is 0.441 e. The van der Waals surface area contributed by atoms with Crippen molar-refractivity contribution in [1.82, 2.24) is 9.80 Å². The molecule has 0 radical (unpaired) electrons. The van der Waals surface area contributed by atoms with Crippen LogP contribution in [0.4, 0.5) is 15.3 Å². The Bertz CT molecular complexity index is 563. The van der Waals surface area contributed by atoms with Gasteiger partial charge in [0.2, 0.25) is 0 Å². The number of nitrogens with zero attached hydrogens (tertiary/aromatic N) is 2. The maximum absolute atomic E-state index is 12.3. The van der Waals surface area contributed by atoms with Crippen LogP contribution >= 0.6 is 0 Å². The fraction of sp³-hybridized carbons (Fsp3) is 0.500. The maximum Gasteiger partial charge on any atom is 0.410 e. The molecule has 6 heteroatoms. The van der Waals surface area contributed by atoms with Crippen molar-refractivity contribution in [3.8, 4) is 0 Å². The van der Waals surface area contributed by atoms with E-state index in [1.54, 1.807) is 16.8 Å². The number of benzene rings is 1. The van der Waals surface area contributed by atoms with Gasteiger partial charge in [-0.2, -0.15) is 0 Å². The number of urea groups is 1. The Morgan fingerprint density at radius 3 is 2.68 bits per heavy atom. The molecule has 3 amide bonds. The Labute approximate surface area is 130 Å². The standard InChI is InChI=1S/C16H21N3O3/c1-18-12-16(22-15(18)21)8-5-10-19(11-9-16)14(20)17-13-6-3-2-4-7-13/h2-4,6-7H,5,8-12H2,1H3,(H,17,20)/t16-/m1/s1. The molecule has 3 rings (SSSR count). The SMILES string of the molecule is CN1C[C@]2(CCCN(C(=O)Nc3ccccc3)CC2)OC1=O. The van der Waals surface area contributed by atoms with Gasteiger partial charge < -0.3 is 19.9 Å². The summed E-state index contributed by atoms with van der Waals surface area (Å²) in [6, 6.07) is 9.33. The third kappa shape index (κ3) is 3.00. The number of nitrogens with one attached hydrogen (secondary N) is 1. The molecular formula is C16H21N3O3. The number of hydrogen-bond acceptors (Lipinski definition) is 3. The minimum Gasteiger partial charge on any atom is -0.441 e. The molecule has 2 saturated heterocycles. The fourth-order valence-corrected chi connectivity index (χ4v) is 3.15. The molecule has 1 atom stereocenters. The van der Waals surface area contributed by atoms with Crippen LogP contribution in [-0.4, -0.2) is 54.2 Å². The van der Waals surface area contributed by atoms with E-state index in [0.29, 0.717) is 26.1 Å². The minimum atomic E-state index is -0.423. The number of rotatable bonds is 1. The van der Waals surface area contributed by atoms with E-state index in [2.05, 4.69) is 5.32 Å². The lowest BCUT2D eigenvalue weighted by Crippen LogP contribution is -2.38. The van der Waals surface area contributed by atoms with E-state index < -0.39 is 5.60 Å². The van der Waals surface area contributed by atoms with Gasteiger partial charge in [0.25, 0.3) is 0 Å². The lowest BCUT2D eigenvalue weighted by Gasteiger charge is -2.25. The molecule has 1 aromatic carbocycles. The second-order valence-electron chi connectivity index (χ2n) is 6.04. The summed E-state index contributed by atoms with van der Waals surface area (Å²) in [6.07, 6.45) is 2.06. The van der Waals surface area contributed by atoms with Gasteiger partial charge in [-0.1, -0.05) is 18.2 Å². The number of hydrogen-bond donors (Lipinski definition) is 1. The highest BCUT2D eigenvalue weighted by atomic mass is 16.6. The Balaban J connectivity index is 1.61. The molecule has 1 spiro atoms. The zero-order valence-electron chi connectivity index (χ0n) is 12.7. The first-order chi connectivity index (χ1) is 10.6. The summed E-state index contributed by atoms with van der Waals surface area (Å²) in [4.78, 5) is 27.4. The predicted octanol–water partition coefficient (Wildman–Crippen LogP) is 2.53. The van der Waals surface area contributed by atoms with Crippen molar-refractivity contribution >= 4 is 17.8 Å². The number of carbonyl (C=O) groups excluding carboxylic acids is 2. The van der Waals surface area contributed by atoms with E-state index in [1.165, 1.54) is 0 Å². The maximum atomic E-state index is 12.3. The molecular weight excluding hydrogens is 282 g/mol. The van der Waals surface area contributed by atoms with Crippen LogP contribution in [0.15, 0.2) is 30.3 Å². The summed E-state index contributed by atoms with van der Waals surface area (Å²) in [5.41, 5.74) is 0.367.